The zero-order valence-corrected chi connectivity index (χ0v) is 21.3. The Morgan fingerprint density at radius 2 is 2.03 bits per heavy atom. The standard InChI is InChI=1S/C27H39NO8/c1-4-18(35-22-17(30)10-16(12-29)34-25(22)31)24-27-13-28(11-14-5-6-14)20(26(27,2)32)9-15-7-8-19(33-3)23(36-24)21(15)27/h7-8,14,16-18,20,22,24-25,29-32H,4-6,9-13H2,1-3H3. The van der Waals surface area contributed by atoms with Gasteiger partial charge in [-0.1, -0.05) is 13.0 Å². The molecule has 200 valence electrons. The fourth-order valence-electron chi connectivity index (χ4n) is 7.40. The van der Waals surface area contributed by atoms with Gasteiger partial charge in [0.1, 0.15) is 12.2 Å². The van der Waals surface area contributed by atoms with Crippen molar-refractivity contribution in [2.45, 2.75) is 99.8 Å². The van der Waals surface area contributed by atoms with Crippen molar-refractivity contribution >= 4 is 0 Å². The van der Waals surface area contributed by atoms with Crippen LogP contribution in [-0.2, 0) is 21.3 Å². The fraction of sp³-hybridized carbons (Fsp3) is 0.778. The first kappa shape index (κ1) is 24.9. The van der Waals surface area contributed by atoms with Crippen molar-refractivity contribution < 1.29 is 39.4 Å². The van der Waals surface area contributed by atoms with Gasteiger partial charge in [0.2, 0.25) is 0 Å². The van der Waals surface area contributed by atoms with Crippen LogP contribution in [0.2, 0.25) is 0 Å². The maximum absolute atomic E-state index is 12.3. The van der Waals surface area contributed by atoms with E-state index in [1.54, 1.807) is 7.11 Å². The summed E-state index contributed by atoms with van der Waals surface area (Å²) in [5, 5.41) is 43.1. The number of aliphatic hydroxyl groups excluding tert-OH is 3. The van der Waals surface area contributed by atoms with E-state index in [1.165, 1.54) is 18.4 Å². The summed E-state index contributed by atoms with van der Waals surface area (Å²) in [5.41, 5.74) is 0.361. The molecule has 3 fully saturated rings. The van der Waals surface area contributed by atoms with E-state index in [2.05, 4.69) is 11.0 Å². The second kappa shape index (κ2) is 8.80. The van der Waals surface area contributed by atoms with Crippen molar-refractivity contribution in [2.75, 3.05) is 26.8 Å². The van der Waals surface area contributed by atoms with Crippen molar-refractivity contribution in [1.82, 2.24) is 4.90 Å². The van der Waals surface area contributed by atoms with E-state index in [4.69, 9.17) is 18.9 Å². The van der Waals surface area contributed by atoms with Crippen molar-refractivity contribution in [3.05, 3.63) is 23.3 Å². The number of hydrogen-bond acceptors (Lipinski definition) is 9. The summed E-state index contributed by atoms with van der Waals surface area (Å²) in [5.74, 6) is 1.97. The molecule has 2 bridgehead atoms. The van der Waals surface area contributed by atoms with E-state index < -0.39 is 47.8 Å². The lowest BCUT2D eigenvalue weighted by atomic mass is 9.59. The number of benzene rings is 1. The van der Waals surface area contributed by atoms with Crippen molar-refractivity contribution in [3.8, 4) is 11.5 Å². The Balaban J connectivity index is 1.39. The van der Waals surface area contributed by atoms with E-state index in [1.807, 2.05) is 19.9 Å². The van der Waals surface area contributed by atoms with Gasteiger partial charge in [0.05, 0.1) is 43.0 Å². The number of hydrogen-bond donors (Lipinski definition) is 4. The molecule has 1 saturated carbocycles. The van der Waals surface area contributed by atoms with Gasteiger partial charge in [0.15, 0.2) is 17.8 Å². The molecule has 3 aliphatic heterocycles. The molecule has 2 aliphatic carbocycles. The highest BCUT2D eigenvalue weighted by Gasteiger charge is 2.72. The van der Waals surface area contributed by atoms with Crippen molar-refractivity contribution in [3.63, 3.8) is 0 Å². The second-order valence-electron chi connectivity index (χ2n) is 11.6. The minimum absolute atomic E-state index is 0.0342. The molecule has 1 spiro atoms. The lowest BCUT2D eigenvalue weighted by Gasteiger charge is -2.48. The molecule has 36 heavy (non-hydrogen) atoms. The van der Waals surface area contributed by atoms with Crippen LogP contribution in [0, 0.1) is 5.92 Å². The van der Waals surface area contributed by atoms with Crippen LogP contribution in [0.5, 0.6) is 11.5 Å². The summed E-state index contributed by atoms with van der Waals surface area (Å²) in [7, 11) is 1.62. The van der Waals surface area contributed by atoms with Gasteiger partial charge in [0, 0.05) is 31.1 Å². The zero-order valence-electron chi connectivity index (χ0n) is 21.3. The quantitative estimate of drug-likeness (QED) is 0.405. The van der Waals surface area contributed by atoms with E-state index in [0.717, 1.165) is 18.5 Å². The molecule has 9 heteroatoms. The molecular formula is C27H39NO8. The zero-order chi connectivity index (χ0) is 25.4. The second-order valence-corrected chi connectivity index (χ2v) is 11.6. The molecule has 1 aromatic carbocycles. The molecule has 0 amide bonds. The molecule has 9 unspecified atom stereocenters. The van der Waals surface area contributed by atoms with Crippen LogP contribution in [0.3, 0.4) is 0 Å². The Morgan fingerprint density at radius 3 is 2.67 bits per heavy atom. The maximum Gasteiger partial charge on any atom is 0.184 e. The van der Waals surface area contributed by atoms with E-state index in [9.17, 15) is 20.4 Å². The van der Waals surface area contributed by atoms with Gasteiger partial charge in [-0.05, 0) is 50.2 Å². The van der Waals surface area contributed by atoms with Gasteiger partial charge in [0.25, 0.3) is 0 Å². The van der Waals surface area contributed by atoms with Crippen LogP contribution in [0.4, 0.5) is 0 Å². The number of likely N-dealkylation sites (tertiary alicyclic amines) is 1. The third-order valence-corrected chi connectivity index (χ3v) is 9.42. The monoisotopic (exact) mass is 505 g/mol. The van der Waals surface area contributed by atoms with Gasteiger partial charge < -0.3 is 39.4 Å². The summed E-state index contributed by atoms with van der Waals surface area (Å²) in [6.45, 7) is 5.24. The Hall–Kier alpha value is -1.46. The molecule has 4 N–H and O–H groups in total. The molecule has 3 heterocycles. The SMILES string of the molecule is CCC(OC1C(O)CC(CO)OC1O)C1Oc2c(OC)ccc3c2C12CN(CC1CC1)C(C3)C2(C)O. The van der Waals surface area contributed by atoms with Crippen LogP contribution in [0.25, 0.3) is 0 Å². The lowest BCUT2D eigenvalue weighted by molar-refractivity contribution is -0.280. The largest absolute Gasteiger partial charge is 0.493 e. The minimum Gasteiger partial charge on any atom is -0.493 e. The normalized spacial score (nSPS) is 42.2. The number of ether oxygens (including phenoxy) is 4. The average Bonchev–Trinajstić information content (AvgIpc) is 3.59. The minimum atomic E-state index is -1.37. The summed E-state index contributed by atoms with van der Waals surface area (Å²) in [6.07, 6.45) is -1.17. The number of nitrogens with zero attached hydrogens (tertiary/aromatic N) is 1. The van der Waals surface area contributed by atoms with Crippen LogP contribution >= 0.6 is 0 Å². The van der Waals surface area contributed by atoms with Crippen molar-refractivity contribution in [2.24, 2.45) is 5.92 Å². The van der Waals surface area contributed by atoms with Gasteiger partial charge >= 0.3 is 0 Å². The van der Waals surface area contributed by atoms with Crippen LogP contribution < -0.4 is 9.47 Å². The molecule has 2 saturated heterocycles. The number of methoxy groups -OCH3 is 1. The van der Waals surface area contributed by atoms with E-state index in [0.29, 0.717) is 30.4 Å². The summed E-state index contributed by atoms with van der Waals surface area (Å²) in [4.78, 5) is 2.45. The molecule has 9 nitrogen and oxygen atoms in total. The molecular weight excluding hydrogens is 466 g/mol. The van der Waals surface area contributed by atoms with Gasteiger partial charge in [-0.3, -0.25) is 4.90 Å². The third-order valence-electron chi connectivity index (χ3n) is 9.42. The number of aliphatic hydroxyl groups is 4. The number of fused-ring (bicyclic) bond motifs is 1. The molecule has 1 aromatic rings. The highest BCUT2D eigenvalue weighted by molar-refractivity contribution is 5.63. The Morgan fingerprint density at radius 1 is 1.25 bits per heavy atom. The first-order chi connectivity index (χ1) is 17.2. The highest BCUT2D eigenvalue weighted by Crippen LogP contribution is 2.63. The van der Waals surface area contributed by atoms with E-state index in [-0.39, 0.29) is 19.1 Å². The Labute approximate surface area is 211 Å². The van der Waals surface area contributed by atoms with Gasteiger partial charge in [-0.15, -0.1) is 0 Å². The van der Waals surface area contributed by atoms with E-state index >= 15 is 0 Å². The first-order valence-corrected chi connectivity index (χ1v) is 13.4. The highest BCUT2D eigenvalue weighted by atomic mass is 16.7. The topological polar surface area (TPSA) is 121 Å². The Bertz CT molecular complexity index is 986. The fourth-order valence-corrected chi connectivity index (χ4v) is 7.40. The molecule has 9 atom stereocenters. The molecule has 6 rings (SSSR count). The summed E-state index contributed by atoms with van der Waals surface area (Å²) in [6, 6.07) is 4.00. The van der Waals surface area contributed by atoms with Crippen LogP contribution in [-0.4, -0.2) is 101 Å². The molecule has 5 aliphatic rings. The van der Waals surface area contributed by atoms with Gasteiger partial charge in [-0.25, -0.2) is 0 Å². The van der Waals surface area contributed by atoms with Crippen molar-refractivity contribution in [1.29, 1.82) is 0 Å². The summed E-state index contributed by atoms with van der Waals surface area (Å²) < 4.78 is 24.3. The lowest BCUT2D eigenvalue weighted by Crippen LogP contribution is -2.64. The van der Waals surface area contributed by atoms with Gasteiger partial charge in [-0.2, -0.15) is 0 Å². The predicted octanol–water partition coefficient (Wildman–Crippen LogP) is 0.720. The van der Waals surface area contributed by atoms with Crippen LogP contribution in [0.1, 0.15) is 50.7 Å². The third kappa shape index (κ3) is 3.47. The molecule has 0 radical (unpaired) electrons. The first-order valence-electron chi connectivity index (χ1n) is 13.4. The summed E-state index contributed by atoms with van der Waals surface area (Å²) >= 11 is 0. The number of rotatable bonds is 8. The smallest absolute Gasteiger partial charge is 0.184 e. The maximum atomic E-state index is 12.3. The average molecular weight is 506 g/mol. The van der Waals surface area contributed by atoms with Crippen LogP contribution in [0.15, 0.2) is 12.1 Å². The Kier molecular flexibility index (Phi) is 6.07. The molecule has 0 aromatic heterocycles. The predicted molar refractivity (Wildman–Crippen MR) is 129 cm³/mol.